The number of rotatable bonds is 6. The molecule has 3 aromatic rings. The fourth-order valence-corrected chi connectivity index (χ4v) is 4.07. The largest absolute Gasteiger partial charge is 0.320 e. The highest BCUT2D eigenvalue weighted by molar-refractivity contribution is 7.92. The number of hydrogen-bond donors (Lipinski definition) is 2. The van der Waals surface area contributed by atoms with E-state index in [9.17, 15) is 23.3 Å². The Bertz CT molecular complexity index is 1230. The molecule has 30 heavy (non-hydrogen) atoms. The zero-order chi connectivity index (χ0) is 21.9. The average Bonchev–Trinajstić information content (AvgIpc) is 2.69. The normalized spacial score (nSPS) is 11.0. The fourth-order valence-electron chi connectivity index (χ4n) is 2.50. The summed E-state index contributed by atoms with van der Waals surface area (Å²) in [6, 6.07) is 15.0. The number of nitro benzene ring substituents is 1. The van der Waals surface area contributed by atoms with E-state index in [1.165, 1.54) is 30.3 Å². The maximum atomic E-state index is 12.7. The van der Waals surface area contributed by atoms with Gasteiger partial charge in [-0.2, -0.15) is 0 Å². The number of nitrogens with zero attached hydrogens (tertiary/aromatic N) is 1. The predicted octanol–water partition coefficient (Wildman–Crippen LogP) is 4.95. The minimum Gasteiger partial charge on any atom is -0.320 e. The number of nitrogens with one attached hydrogen (secondary N) is 2. The molecule has 0 spiro atoms. The molecule has 3 rings (SSSR count). The van der Waals surface area contributed by atoms with Crippen LogP contribution < -0.4 is 10.0 Å². The molecule has 11 heteroatoms. The second-order valence-electron chi connectivity index (χ2n) is 5.98. The first kappa shape index (κ1) is 21.6. The average molecular weight is 466 g/mol. The zero-order valence-electron chi connectivity index (χ0n) is 15.0. The molecule has 0 aliphatic heterocycles. The number of anilines is 2. The number of non-ortho nitro benzene ring substituents is 1. The molecule has 8 nitrogen and oxygen atoms in total. The minimum absolute atomic E-state index is 0.106. The molecule has 2 N–H and O–H groups in total. The summed E-state index contributed by atoms with van der Waals surface area (Å²) in [4.78, 5) is 22.5. The van der Waals surface area contributed by atoms with Gasteiger partial charge in [0.1, 0.15) is 0 Å². The summed E-state index contributed by atoms with van der Waals surface area (Å²) < 4.78 is 27.7. The SMILES string of the molecule is O=C(Nc1ccccc1NS(=O)(=O)c1ccc([N+](=O)[O-])cc1)c1ccc(Cl)cc1Cl. The lowest BCUT2D eigenvalue weighted by atomic mass is 10.2. The number of sulfonamides is 1. The van der Waals surface area contributed by atoms with Gasteiger partial charge in [-0.3, -0.25) is 19.6 Å². The van der Waals surface area contributed by atoms with Gasteiger partial charge in [0.05, 0.1) is 31.8 Å². The van der Waals surface area contributed by atoms with Crippen molar-refractivity contribution in [3.05, 3.63) is 92.5 Å². The molecule has 0 atom stereocenters. The zero-order valence-corrected chi connectivity index (χ0v) is 17.3. The van der Waals surface area contributed by atoms with E-state index in [1.807, 2.05) is 0 Å². The molecular formula is C19H13Cl2N3O5S. The lowest BCUT2D eigenvalue weighted by Crippen LogP contribution is -2.17. The standard InChI is InChI=1S/C19H13Cl2N3O5S/c20-12-5-10-15(16(21)11-12)19(25)22-17-3-1-2-4-18(17)23-30(28,29)14-8-6-13(7-9-14)24(26)27/h1-11,23H,(H,22,25). The fraction of sp³-hybridized carbons (Fsp3) is 0. The van der Waals surface area contributed by atoms with Gasteiger partial charge in [0.25, 0.3) is 21.6 Å². The van der Waals surface area contributed by atoms with Crippen molar-refractivity contribution in [3.8, 4) is 0 Å². The Morgan fingerprint density at radius 3 is 2.17 bits per heavy atom. The van der Waals surface area contributed by atoms with Crippen LogP contribution in [0.15, 0.2) is 71.6 Å². The lowest BCUT2D eigenvalue weighted by molar-refractivity contribution is -0.384. The van der Waals surface area contributed by atoms with Gasteiger partial charge in [-0.1, -0.05) is 35.3 Å². The van der Waals surface area contributed by atoms with Crippen LogP contribution in [0.3, 0.4) is 0 Å². The van der Waals surface area contributed by atoms with Crippen molar-refractivity contribution < 1.29 is 18.1 Å². The van der Waals surface area contributed by atoms with Crippen LogP contribution in [-0.2, 0) is 10.0 Å². The van der Waals surface area contributed by atoms with E-state index < -0.39 is 20.9 Å². The Morgan fingerprint density at radius 1 is 0.933 bits per heavy atom. The van der Waals surface area contributed by atoms with Crippen LogP contribution in [0.25, 0.3) is 0 Å². The van der Waals surface area contributed by atoms with Crippen LogP contribution in [0, 0.1) is 10.1 Å². The van der Waals surface area contributed by atoms with Gasteiger partial charge in [0.2, 0.25) is 0 Å². The van der Waals surface area contributed by atoms with Crippen LogP contribution in [0.2, 0.25) is 10.0 Å². The van der Waals surface area contributed by atoms with Crippen LogP contribution in [0.4, 0.5) is 17.1 Å². The van der Waals surface area contributed by atoms with Crippen LogP contribution >= 0.6 is 23.2 Å². The lowest BCUT2D eigenvalue weighted by Gasteiger charge is -2.14. The highest BCUT2D eigenvalue weighted by Crippen LogP contribution is 2.27. The molecular weight excluding hydrogens is 453 g/mol. The number of carbonyl (C=O) groups excluding carboxylic acids is 1. The third-order valence-electron chi connectivity index (χ3n) is 3.95. The summed E-state index contributed by atoms with van der Waals surface area (Å²) in [7, 11) is -4.06. The first-order chi connectivity index (χ1) is 14.2. The molecule has 3 aromatic carbocycles. The van der Waals surface area contributed by atoms with Crippen LogP contribution in [0.1, 0.15) is 10.4 Å². The summed E-state index contributed by atoms with van der Waals surface area (Å²) in [6.45, 7) is 0. The molecule has 0 aliphatic rings. The van der Waals surface area contributed by atoms with E-state index in [1.54, 1.807) is 12.1 Å². The first-order valence-corrected chi connectivity index (χ1v) is 10.5. The second kappa shape index (κ2) is 8.70. The Hall–Kier alpha value is -3.14. The Labute approximate surface area is 181 Å². The van der Waals surface area contributed by atoms with Crippen molar-refractivity contribution in [1.29, 1.82) is 0 Å². The maximum Gasteiger partial charge on any atom is 0.269 e. The van der Waals surface area contributed by atoms with E-state index in [4.69, 9.17) is 23.2 Å². The van der Waals surface area contributed by atoms with Gasteiger partial charge in [-0.25, -0.2) is 8.42 Å². The summed E-state index contributed by atoms with van der Waals surface area (Å²) in [5.41, 5.74) is 0.226. The molecule has 0 bridgehead atoms. The van der Waals surface area contributed by atoms with Gasteiger partial charge in [-0.15, -0.1) is 0 Å². The Kier molecular flexibility index (Phi) is 6.25. The molecule has 0 heterocycles. The number of halogens is 2. The molecule has 1 amide bonds. The molecule has 0 aliphatic carbocycles. The molecule has 0 saturated carbocycles. The molecule has 0 radical (unpaired) electrons. The predicted molar refractivity (Wildman–Crippen MR) is 115 cm³/mol. The number of para-hydroxylation sites is 2. The van der Waals surface area contributed by atoms with Crippen LogP contribution in [-0.4, -0.2) is 19.2 Å². The van der Waals surface area contributed by atoms with Gasteiger partial charge < -0.3 is 5.32 Å². The van der Waals surface area contributed by atoms with Crippen molar-refractivity contribution >= 4 is 56.2 Å². The highest BCUT2D eigenvalue weighted by Gasteiger charge is 2.19. The van der Waals surface area contributed by atoms with Crippen molar-refractivity contribution in [2.24, 2.45) is 0 Å². The summed E-state index contributed by atoms with van der Waals surface area (Å²) in [5.74, 6) is -0.557. The third kappa shape index (κ3) is 4.88. The van der Waals surface area contributed by atoms with Gasteiger partial charge in [-0.05, 0) is 42.5 Å². The minimum atomic E-state index is -4.06. The summed E-state index contributed by atoms with van der Waals surface area (Å²) >= 11 is 11.9. The molecule has 0 unspecified atom stereocenters. The van der Waals surface area contributed by atoms with Gasteiger partial charge in [0, 0.05) is 17.2 Å². The van der Waals surface area contributed by atoms with E-state index in [-0.39, 0.29) is 32.5 Å². The smallest absolute Gasteiger partial charge is 0.269 e. The molecule has 154 valence electrons. The molecule has 0 aromatic heterocycles. The van der Waals surface area contributed by atoms with E-state index in [0.717, 1.165) is 24.3 Å². The van der Waals surface area contributed by atoms with Crippen molar-refractivity contribution in [2.45, 2.75) is 4.90 Å². The van der Waals surface area contributed by atoms with E-state index >= 15 is 0 Å². The summed E-state index contributed by atoms with van der Waals surface area (Å²) in [6.07, 6.45) is 0. The van der Waals surface area contributed by atoms with Crippen molar-refractivity contribution in [1.82, 2.24) is 0 Å². The molecule has 0 saturated heterocycles. The monoisotopic (exact) mass is 465 g/mol. The van der Waals surface area contributed by atoms with Crippen LogP contribution in [0.5, 0.6) is 0 Å². The Balaban J connectivity index is 1.86. The third-order valence-corrected chi connectivity index (χ3v) is 5.88. The van der Waals surface area contributed by atoms with Gasteiger partial charge in [0.15, 0.2) is 0 Å². The number of carbonyl (C=O) groups is 1. The maximum absolute atomic E-state index is 12.7. The second-order valence-corrected chi connectivity index (χ2v) is 8.51. The topological polar surface area (TPSA) is 118 Å². The van der Waals surface area contributed by atoms with Crippen molar-refractivity contribution in [3.63, 3.8) is 0 Å². The van der Waals surface area contributed by atoms with Crippen molar-refractivity contribution in [2.75, 3.05) is 10.0 Å². The number of benzene rings is 3. The molecule has 0 fully saturated rings. The first-order valence-electron chi connectivity index (χ1n) is 8.30. The Morgan fingerprint density at radius 2 is 1.57 bits per heavy atom. The number of hydrogen-bond acceptors (Lipinski definition) is 5. The number of nitro groups is 1. The quantitative estimate of drug-likeness (QED) is 0.394. The van der Waals surface area contributed by atoms with Gasteiger partial charge >= 0.3 is 0 Å². The summed E-state index contributed by atoms with van der Waals surface area (Å²) in [5, 5.41) is 13.9. The van der Waals surface area contributed by atoms with E-state index in [0.29, 0.717) is 5.02 Å². The van der Waals surface area contributed by atoms with E-state index in [2.05, 4.69) is 10.0 Å². The highest BCUT2D eigenvalue weighted by atomic mass is 35.5. The number of amides is 1.